The van der Waals surface area contributed by atoms with Crippen LogP contribution in [-0.2, 0) is 4.79 Å². The number of hydrogen-bond donors (Lipinski definition) is 3. The molecule has 0 fully saturated rings. The Morgan fingerprint density at radius 1 is 1.50 bits per heavy atom. The van der Waals surface area contributed by atoms with Gasteiger partial charge in [0.2, 0.25) is 5.91 Å². The maximum absolute atomic E-state index is 12.5. The number of nitrogens with zero attached hydrogens (tertiary/aromatic N) is 1. The number of amides is 1. The maximum Gasteiger partial charge on any atom is 0.238 e. The number of nitrogens with one attached hydrogen (secondary N) is 1. The molecule has 1 amide bonds. The van der Waals surface area contributed by atoms with E-state index in [1.165, 1.54) is 0 Å². The van der Waals surface area contributed by atoms with E-state index in [2.05, 4.69) is 26.4 Å². The van der Waals surface area contributed by atoms with Gasteiger partial charge in [-0.05, 0) is 47.0 Å². The van der Waals surface area contributed by atoms with Gasteiger partial charge in [0.25, 0.3) is 0 Å². The summed E-state index contributed by atoms with van der Waals surface area (Å²) in [5.74, 6) is -0.417. The molecule has 0 saturated carbocycles. The van der Waals surface area contributed by atoms with E-state index in [0.29, 0.717) is 23.6 Å². The predicted octanol–water partition coefficient (Wildman–Crippen LogP) is 3.59. The van der Waals surface area contributed by atoms with Crippen LogP contribution in [0.3, 0.4) is 0 Å². The largest absolute Gasteiger partial charge is 0.409 e. The summed E-state index contributed by atoms with van der Waals surface area (Å²) < 4.78 is 0.742. The highest BCUT2D eigenvalue weighted by atomic mass is 79.9. The summed E-state index contributed by atoms with van der Waals surface area (Å²) in [6, 6.07) is 5.09. The van der Waals surface area contributed by atoms with Crippen LogP contribution in [0, 0.1) is 5.41 Å². The van der Waals surface area contributed by atoms with Crippen LogP contribution in [0.4, 0.5) is 5.69 Å². The second-order valence-electron chi connectivity index (χ2n) is 4.36. The molecule has 0 aromatic heterocycles. The highest BCUT2D eigenvalue weighted by molar-refractivity contribution is 9.10. The zero-order chi connectivity index (χ0) is 15.3. The fourth-order valence-corrected chi connectivity index (χ4v) is 2.40. The van der Waals surface area contributed by atoms with Crippen molar-refractivity contribution >= 4 is 45.0 Å². The molecule has 5 nitrogen and oxygen atoms in total. The molecule has 0 radical (unpaired) electrons. The van der Waals surface area contributed by atoms with Crippen LogP contribution in [-0.4, -0.2) is 17.0 Å². The summed E-state index contributed by atoms with van der Waals surface area (Å²) in [6.45, 7) is 3.63. The van der Waals surface area contributed by atoms with Gasteiger partial charge in [-0.15, -0.1) is 0 Å². The van der Waals surface area contributed by atoms with Crippen LogP contribution in [0.2, 0.25) is 5.02 Å². The van der Waals surface area contributed by atoms with E-state index < -0.39 is 5.41 Å². The lowest BCUT2D eigenvalue weighted by atomic mass is 9.80. The molecule has 1 rings (SSSR count). The molecule has 0 unspecified atom stereocenters. The van der Waals surface area contributed by atoms with E-state index in [0.717, 1.165) is 4.47 Å². The van der Waals surface area contributed by atoms with Crippen LogP contribution in [0.25, 0.3) is 0 Å². The van der Waals surface area contributed by atoms with Gasteiger partial charge in [-0.3, -0.25) is 4.79 Å². The number of amidine groups is 1. The minimum Gasteiger partial charge on any atom is -0.409 e. The van der Waals surface area contributed by atoms with Gasteiger partial charge >= 0.3 is 0 Å². The summed E-state index contributed by atoms with van der Waals surface area (Å²) in [4.78, 5) is 12.5. The van der Waals surface area contributed by atoms with Crippen molar-refractivity contribution in [3.8, 4) is 0 Å². The van der Waals surface area contributed by atoms with Crippen molar-refractivity contribution in [2.24, 2.45) is 16.3 Å². The summed E-state index contributed by atoms with van der Waals surface area (Å²) in [7, 11) is 0. The number of benzene rings is 1. The van der Waals surface area contributed by atoms with Crippen molar-refractivity contribution in [1.29, 1.82) is 0 Å². The lowest BCUT2D eigenvalue weighted by Crippen LogP contribution is -2.46. The number of carbonyl (C=O) groups is 1. The molecule has 0 saturated heterocycles. The molecule has 0 aliphatic rings. The number of nitrogens with two attached hydrogens (primary N) is 1. The predicted molar refractivity (Wildman–Crippen MR) is 84.2 cm³/mol. The Morgan fingerprint density at radius 2 is 2.10 bits per heavy atom. The molecule has 1 aromatic carbocycles. The van der Waals surface area contributed by atoms with Crippen LogP contribution in [0.1, 0.15) is 26.7 Å². The van der Waals surface area contributed by atoms with E-state index in [1.807, 2.05) is 13.8 Å². The average Bonchev–Trinajstić information content (AvgIpc) is 2.44. The monoisotopic (exact) mass is 361 g/mol. The van der Waals surface area contributed by atoms with Crippen molar-refractivity contribution in [1.82, 2.24) is 0 Å². The Kier molecular flexibility index (Phi) is 5.83. The van der Waals surface area contributed by atoms with Crippen LogP contribution in [0.5, 0.6) is 0 Å². The Hall–Kier alpha value is -1.27. The molecule has 1 aromatic rings. The highest BCUT2D eigenvalue weighted by Gasteiger charge is 2.39. The van der Waals surface area contributed by atoms with Crippen molar-refractivity contribution in [3.05, 3.63) is 27.7 Å². The molecular formula is C13H17BrClN3O2. The van der Waals surface area contributed by atoms with Gasteiger partial charge in [-0.25, -0.2) is 0 Å². The number of anilines is 1. The van der Waals surface area contributed by atoms with E-state index in [1.54, 1.807) is 18.2 Å². The summed E-state index contributed by atoms with van der Waals surface area (Å²) in [6.07, 6.45) is 0.852. The second kappa shape index (κ2) is 6.95. The summed E-state index contributed by atoms with van der Waals surface area (Å²) >= 11 is 9.26. The minimum absolute atomic E-state index is 0.0943. The molecule has 0 spiro atoms. The lowest BCUT2D eigenvalue weighted by molar-refractivity contribution is -0.122. The topological polar surface area (TPSA) is 87.7 Å². The van der Waals surface area contributed by atoms with Gasteiger partial charge in [0.15, 0.2) is 5.84 Å². The Bertz CT molecular complexity index is 530. The number of carbonyl (C=O) groups excluding carboxylic acids is 1. The summed E-state index contributed by atoms with van der Waals surface area (Å²) in [5.41, 5.74) is 5.21. The van der Waals surface area contributed by atoms with Crippen molar-refractivity contribution in [3.63, 3.8) is 0 Å². The van der Waals surface area contributed by atoms with Crippen LogP contribution < -0.4 is 11.1 Å². The molecule has 7 heteroatoms. The average molecular weight is 363 g/mol. The van der Waals surface area contributed by atoms with E-state index in [4.69, 9.17) is 22.5 Å². The van der Waals surface area contributed by atoms with E-state index in [9.17, 15) is 4.79 Å². The quantitative estimate of drug-likeness (QED) is 0.324. The lowest BCUT2D eigenvalue weighted by Gasteiger charge is -2.28. The van der Waals surface area contributed by atoms with Gasteiger partial charge < -0.3 is 16.3 Å². The first-order valence-corrected chi connectivity index (χ1v) is 7.32. The third-order valence-electron chi connectivity index (χ3n) is 3.42. The highest BCUT2D eigenvalue weighted by Crippen LogP contribution is 2.30. The Morgan fingerprint density at radius 3 is 2.55 bits per heavy atom. The number of hydrogen-bond acceptors (Lipinski definition) is 3. The van der Waals surface area contributed by atoms with Gasteiger partial charge in [0, 0.05) is 10.2 Å². The standard InChI is InChI=1S/C13H17BrClN3O2/c1-3-13(4-2,11(16)18-20)12(19)17-8-5-6-9(14)10(15)7-8/h5-7,20H,3-4H2,1-2H3,(H2,16,18)(H,17,19). The molecular weight excluding hydrogens is 346 g/mol. The first-order valence-electron chi connectivity index (χ1n) is 6.15. The van der Waals surface area contributed by atoms with Crippen molar-refractivity contribution in [2.75, 3.05) is 5.32 Å². The van der Waals surface area contributed by atoms with Gasteiger partial charge in [0.1, 0.15) is 5.41 Å². The first-order chi connectivity index (χ1) is 9.41. The minimum atomic E-state index is -1.03. The molecule has 110 valence electrons. The third-order valence-corrected chi connectivity index (χ3v) is 4.65. The van der Waals surface area contributed by atoms with Gasteiger partial charge in [-0.1, -0.05) is 30.6 Å². The molecule has 4 N–H and O–H groups in total. The Labute approximate surface area is 131 Å². The normalized spacial score (nSPS) is 12.3. The van der Waals surface area contributed by atoms with Crippen LogP contribution >= 0.6 is 27.5 Å². The van der Waals surface area contributed by atoms with Gasteiger partial charge in [-0.2, -0.15) is 0 Å². The molecule has 0 bridgehead atoms. The van der Waals surface area contributed by atoms with E-state index >= 15 is 0 Å². The van der Waals surface area contributed by atoms with Gasteiger partial charge in [0.05, 0.1) is 5.02 Å². The van der Waals surface area contributed by atoms with Crippen LogP contribution in [0.15, 0.2) is 27.8 Å². The molecule has 0 atom stereocenters. The zero-order valence-electron chi connectivity index (χ0n) is 11.3. The smallest absolute Gasteiger partial charge is 0.238 e. The number of halogens is 2. The van der Waals surface area contributed by atoms with Crippen molar-refractivity contribution in [2.45, 2.75) is 26.7 Å². The number of oxime groups is 1. The second-order valence-corrected chi connectivity index (χ2v) is 5.62. The number of rotatable bonds is 5. The molecule has 0 aliphatic carbocycles. The van der Waals surface area contributed by atoms with E-state index in [-0.39, 0.29) is 11.7 Å². The Balaban J connectivity index is 3.06. The summed E-state index contributed by atoms with van der Waals surface area (Å²) in [5, 5.41) is 15.1. The molecule has 20 heavy (non-hydrogen) atoms. The molecule has 0 heterocycles. The molecule has 0 aliphatic heterocycles. The fraction of sp³-hybridized carbons (Fsp3) is 0.385. The maximum atomic E-state index is 12.5. The third kappa shape index (κ3) is 3.24. The fourth-order valence-electron chi connectivity index (χ4n) is 1.97. The first kappa shape index (κ1) is 16.8. The van der Waals surface area contributed by atoms with Crippen molar-refractivity contribution < 1.29 is 10.0 Å². The zero-order valence-corrected chi connectivity index (χ0v) is 13.6. The SMILES string of the molecule is CCC(CC)(C(=O)Nc1ccc(Br)c(Cl)c1)/C(N)=N/O.